The molecule has 0 spiro atoms. The van der Waals surface area contributed by atoms with Crippen molar-refractivity contribution in [2.24, 2.45) is 5.92 Å². The monoisotopic (exact) mass is 405 g/mol. The second-order valence-corrected chi connectivity index (χ2v) is 7.79. The first-order valence-electron chi connectivity index (χ1n) is 9.65. The van der Waals surface area contributed by atoms with Crippen LogP contribution in [-0.4, -0.2) is 46.9 Å². The number of aromatic nitrogens is 2. The second kappa shape index (κ2) is 8.51. The van der Waals surface area contributed by atoms with Gasteiger partial charge in [-0.15, -0.1) is 0 Å². The maximum atomic E-state index is 12.6. The van der Waals surface area contributed by atoms with Gasteiger partial charge < -0.3 is 19.9 Å². The van der Waals surface area contributed by atoms with E-state index in [-0.39, 0.29) is 22.8 Å². The first-order valence-corrected chi connectivity index (χ1v) is 10.0. The molecule has 1 atom stereocenters. The summed E-state index contributed by atoms with van der Waals surface area (Å²) in [6.45, 7) is 2.25. The lowest BCUT2D eigenvalue weighted by Gasteiger charge is -2.31. The largest absolute Gasteiger partial charge is 0.490 e. The molecular formula is C20H24ClN3O4. The van der Waals surface area contributed by atoms with Gasteiger partial charge in [-0.2, -0.15) is 9.78 Å². The van der Waals surface area contributed by atoms with Gasteiger partial charge in [0.2, 0.25) is 0 Å². The summed E-state index contributed by atoms with van der Waals surface area (Å²) in [6.07, 6.45) is 4.83. The number of ether oxygens (including phenoxy) is 2. The van der Waals surface area contributed by atoms with Crippen LogP contribution in [0.4, 0.5) is 5.69 Å². The average Bonchev–Trinajstić information content (AvgIpc) is 2.69. The van der Waals surface area contributed by atoms with E-state index < -0.39 is 0 Å². The van der Waals surface area contributed by atoms with Crippen molar-refractivity contribution in [1.29, 1.82) is 0 Å². The van der Waals surface area contributed by atoms with E-state index in [1.807, 2.05) is 0 Å². The molecule has 1 saturated carbocycles. The molecule has 4 rings (SSSR count). The topological polar surface area (TPSA) is 85.6 Å². The lowest BCUT2D eigenvalue weighted by atomic mass is 9.92. The molecule has 0 radical (unpaired) electrons. The van der Waals surface area contributed by atoms with Crippen molar-refractivity contribution < 1.29 is 14.6 Å². The van der Waals surface area contributed by atoms with Crippen molar-refractivity contribution in [1.82, 2.24) is 9.78 Å². The van der Waals surface area contributed by atoms with Gasteiger partial charge in [-0.1, -0.05) is 11.6 Å². The molecule has 1 aromatic carbocycles. The zero-order valence-corrected chi connectivity index (χ0v) is 16.3. The second-order valence-electron chi connectivity index (χ2n) is 7.41. The van der Waals surface area contributed by atoms with Crippen LogP contribution >= 0.6 is 11.6 Å². The number of aliphatic hydroxyl groups is 1. The van der Waals surface area contributed by atoms with Gasteiger partial charge in [0, 0.05) is 26.0 Å². The Morgan fingerprint density at radius 2 is 2.11 bits per heavy atom. The molecule has 7 nitrogen and oxygen atoms in total. The summed E-state index contributed by atoms with van der Waals surface area (Å²) in [5.74, 6) is 1.12. The molecule has 1 aliphatic carbocycles. The van der Waals surface area contributed by atoms with Gasteiger partial charge >= 0.3 is 0 Å². The fraction of sp³-hybridized carbons (Fsp3) is 0.500. The van der Waals surface area contributed by atoms with Crippen LogP contribution < -0.4 is 15.6 Å². The van der Waals surface area contributed by atoms with Crippen molar-refractivity contribution in [3.05, 3.63) is 45.8 Å². The maximum absolute atomic E-state index is 12.6. The van der Waals surface area contributed by atoms with Gasteiger partial charge in [0.15, 0.2) is 0 Å². The number of rotatable bonds is 6. The third kappa shape index (κ3) is 4.32. The third-order valence-corrected chi connectivity index (χ3v) is 5.57. The highest BCUT2D eigenvalue weighted by molar-refractivity contribution is 6.32. The molecule has 28 heavy (non-hydrogen) atoms. The van der Waals surface area contributed by atoms with Crippen LogP contribution in [0.3, 0.4) is 0 Å². The lowest BCUT2D eigenvalue weighted by molar-refractivity contribution is -0.0107. The summed E-state index contributed by atoms with van der Waals surface area (Å²) < 4.78 is 12.5. The van der Waals surface area contributed by atoms with Crippen LogP contribution in [0.25, 0.3) is 5.69 Å². The van der Waals surface area contributed by atoms with Gasteiger partial charge in [0.05, 0.1) is 30.3 Å². The van der Waals surface area contributed by atoms with Crippen molar-refractivity contribution in [2.75, 3.05) is 25.1 Å². The number of hydrogen-bond donors (Lipinski definition) is 2. The standard InChI is InChI=1S/C20H24ClN3O4/c21-19-18(22-10-13-2-1-7-27-12-13)11-23-24(20(19)26)14-3-5-16(6-4-14)28-17-8-15(25)9-17/h3-6,11,13,15,17,22,25H,1-2,7-10,12H2/t13-,15-,17-/m0/s1. The molecule has 1 saturated heterocycles. The SMILES string of the molecule is O=c1c(Cl)c(NC[C@@H]2CCCOC2)cnn1-c1ccc(O[C@H]2C[C@H](O)C2)cc1. The highest BCUT2D eigenvalue weighted by Crippen LogP contribution is 2.26. The van der Waals surface area contributed by atoms with Crippen LogP contribution in [0.2, 0.25) is 5.02 Å². The average molecular weight is 406 g/mol. The number of aliphatic hydroxyl groups excluding tert-OH is 1. The highest BCUT2D eigenvalue weighted by atomic mass is 35.5. The maximum Gasteiger partial charge on any atom is 0.292 e. The highest BCUT2D eigenvalue weighted by Gasteiger charge is 2.28. The summed E-state index contributed by atoms with van der Waals surface area (Å²) in [6, 6.07) is 7.11. The zero-order valence-electron chi connectivity index (χ0n) is 15.5. The summed E-state index contributed by atoms with van der Waals surface area (Å²) in [4.78, 5) is 12.6. The Kier molecular flexibility index (Phi) is 5.85. The Balaban J connectivity index is 1.43. The van der Waals surface area contributed by atoms with Crippen LogP contribution in [0.1, 0.15) is 25.7 Å². The summed E-state index contributed by atoms with van der Waals surface area (Å²) in [5.41, 5.74) is 0.777. The Labute approximate surface area is 168 Å². The number of halogens is 1. The molecule has 2 aromatic rings. The third-order valence-electron chi connectivity index (χ3n) is 5.21. The molecule has 2 fully saturated rings. The molecule has 0 unspecified atom stereocenters. The van der Waals surface area contributed by atoms with E-state index in [0.29, 0.717) is 42.4 Å². The van der Waals surface area contributed by atoms with E-state index in [1.165, 1.54) is 4.68 Å². The van der Waals surface area contributed by atoms with Gasteiger partial charge in [-0.25, -0.2) is 0 Å². The molecule has 8 heteroatoms. The molecule has 2 N–H and O–H groups in total. The number of benzene rings is 1. The minimum Gasteiger partial charge on any atom is -0.490 e. The first kappa shape index (κ1) is 19.2. The number of anilines is 1. The van der Waals surface area contributed by atoms with Crippen molar-refractivity contribution in [2.45, 2.75) is 37.9 Å². The minimum atomic E-state index is -0.373. The van der Waals surface area contributed by atoms with Gasteiger partial charge in [-0.05, 0) is 43.0 Å². The molecule has 0 bridgehead atoms. The number of nitrogens with one attached hydrogen (secondary N) is 1. The van der Waals surface area contributed by atoms with E-state index in [1.54, 1.807) is 30.5 Å². The van der Waals surface area contributed by atoms with E-state index in [4.69, 9.17) is 21.1 Å². The fourth-order valence-corrected chi connectivity index (χ4v) is 3.65. The van der Waals surface area contributed by atoms with Crippen LogP contribution in [-0.2, 0) is 4.74 Å². The Morgan fingerprint density at radius 1 is 1.32 bits per heavy atom. The minimum absolute atomic E-state index is 0.0519. The van der Waals surface area contributed by atoms with Crippen molar-refractivity contribution >= 4 is 17.3 Å². The van der Waals surface area contributed by atoms with E-state index in [0.717, 1.165) is 26.1 Å². The van der Waals surface area contributed by atoms with Crippen LogP contribution in [0.15, 0.2) is 35.3 Å². The Hall–Kier alpha value is -2.09. The summed E-state index contributed by atoms with van der Waals surface area (Å²) in [5, 5.41) is 16.9. The van der Waals surface area contributed by atoms with E-state index >= 15 is 0 Å². The van der Waals surface area contributed by atoms with Crippen molar-refractivity contribution in [3.63, 3.8) is 0 Å². The molecule has 1 aromatic heterocycles. The quantitative estimate of drug-likeness (QED) is 0.768. The van der Waals surface area contributed by atoms with Crippen LogP contribution in [0, 0.1) is 5.92 Å². The fourth-order valence-electron chi connectivity index (χ4n) is 3.46. The van der Waals surface area contributed by atoms with Gasteiger partial charge in [-0.3, -0.25) is 4.79 Å². The molecular weight excluding hydrogens is 382 g/mol. The predicted octanol–water partition coefficient (Wildman–Crippen LogP) is 2.63. The first-order chi connectivity index (χ1) is 13.6. The zero-order chi connectivity index (χ0) is 19.5. The van der Waals surface area contributed by atoms with Crippen molar-refractivity contribution in [3.8, 4) is 11.4 Å². The summed E-state index contributed by atoms with van der Waals surface area (Å²) >= 11 is 6.29. The van der Waals surface area contributed by atoms with Crippen LogP contribution in [0.5, 0.6) is 5.75 Å². The molecule has 1 aliphatic heterocycles. The Morgan fingerprint density at radius 3 is 2.79 bits per heavy atom. The smallest absolute Gasteiger partial charge is 0.292 e. The normalized spacial score (nSPS) is 24.4. The van der Waals surface area contributed by atoms with E-state index in [9.17, 15) is 9.90 Å². The van der Waals surface area contributed by atoms with Gasteiger partial charge in [0.25, 0.3) is 5.56 Å². The van der Waals surface area contributed by atoms with E-state index in [2.05, 4.69) is 10.4 Å². The lowest BCUT2D eigenvalue weighted by Crippen LogP contribution is -2.37. The summed E-state index contributed by atoms with van der Waals surface area (Å²) in [7, 11) is 0. The number of nitrogens with zero attached hydrogens (tertiary/aromatic N) is 2. The molecule has 2 aliphatic rings. The predicted molar refractivity (Wildman–Crippen MR) is 107 cm³/mol. The van der Waals surface area contributed by atoms with Gasteiger partial charge in [0.1, 0.15) is 16.9 Å². The molecule has 0 amide bonds. The molecule has 2 heterocycles. The number of hydrogen-bond acceptors (Lipinski definition) is 6. The molecule has 150 valence electrons. The Bertz CT molecular complexity index is 859.